The number of carbonyl (C=O) groups is 2. The van der Waals surface area contributed by atoms with E-state index in [0.29, 0.717) is 19.3 Å². The molecular weight excluding hydrogens is 773 g/mol. The molecular formula is C51H82O10. The van der Waals surface area contributed by atoms with Gasteiger partial charge in [-0.05, 0) is 89.9 Å². The van der Waals surface area contributed by atoms with Gasteiger partial charge in [0.1, 0.15) is 31.0 Å². The number of aliphatic hydroxyl groups excluding tert-OH is 4. The molecule has 0 aromatic heterocycles. The molecule has 4 N–H and O–H groups in total. The Morgan fingerprint density at radius 3 is 1.51 bits per heavy atom. The topological polar surface area (TPSA) is 152 Å². The summed E-state index contributed by atoms with van der Waals surface area (Å²) in [6.07, 6.45) is 47.0. The Labute approximate surface area is 368 Å². The normalized spacial score (nSPS) is 20.7. The van der Waals surface area contributed by atoms with E-state index in [1.165, 1.54) is 38.5 Å². The molecule has 0 saturated carbocycles. The van der Waals surface area contributed by atoms with Gasteiger partial charge >= 0.3 is 11.9 Å². The molecule has 1 saturated heterocycles. The van der Waals surface area contributed by atoms with E-state index in [2.05, 4.69) is 105 Å². The fourth-order valence-electron chi connectivity index (χ4n) is 6.29. The van der Waals surface area contributed by atoms with Crippen LogP contribution in [0.4, 0.5) is 0 Å². The van der Waals surface area contributed by atoms with Crippen LogP contribution in [-0.2, 0) is 28.5 Å². The number of hydrogen-bond acceptors (Lipinski definition) is 10. The van der Waals surface area contributed by atoms with Crippen molar-refractivity contribution in [3.8, 4) is 0 Å². The molecule has 10 nitrogen and oxygen atoms in total. The van der Waals surface area contributed by atoms with Crippen molar-refractivity contribution in [2.75, 3.05) is 19.8 Å². The summed E-state index contributed by atoms with van der Waals surface area (Å²) in [6, 6.07) is 0. The first-order chi connectivity index (χ1) is 29.8. The second kappa shape index (κ2) is 40.7. The fourth-order valence-corrected chi connectivity index (χ4v) is 6.29. The molecule has 346 valence electrons. The van der Waals surface area contributed by atoms with Crippen LogP contribution in [0.15, 0.2) is 97.2 Å². The summed E-state index contributed by atoms with van der Waals surface area (Å²) >= 11 is 0. The lowest BCUT2D eigenvalue weighted by Crippen LogP contribution is -2.59. The van der Waals surface area contributed by atoms with Crippen LogP contribution in [0.3, 0.4) is 0 Å². The van der Waals surface area contributed by atoms with E-state index in [1.54, 1.807) is 0 Å². The minimum Gasteiger partial charge on any atom is -0.462 e. The number of rotatable bonds is 37. The van der Waals surface area contributed by atoms with Gasteiger partial charge in [0.25, 0.3) is 0 Å². The lowest BCUT2D eigenvalue weighted by atomic mass is 9.99. The summed E-state index contributed by atoms with van der Waals surface area (Å²) in [5.41, 5.74) is 0. The zero-order chi connectivity index (χ0) is 44.4. The van der Waals surface area contributed by atoms with E-state index >= 15 is 0 Å². The third-order valence-electron chi connectivity index (χ3n) is 9.95. The predicted octanol–water partition coefficient (Wildman–Crippen LogP) is 10.3. The van der Waals surface area contributed by atoms with Crippen molar-refractivity contribution in [2.24, 2.45) is 0 Å². The van der Waals surface area contributed by atoms with Crippen molar-refractivity contribution in [3.63, 3.8) is 0 Å². The van der Waals surface area contributed by atoms with E-state index in [4.69, 9.17) is 18.9 Å². The maximum atomic E-state index is 12.8. The second-order valence-electron chi connectivity index (χ2n) is 15.5. The molecule has 0 spiro atoms. The van der Waals surface area contributed by atoms with Gasteiger partial charge in [0.2, 0.25) is 0 Å². The van der Waals surface area contributed by atoms with E-state index < -0.39 is 55.4 Å². The van der Waals surface area contributed by atoms with Crippen molar-refractivity contribution >= 4 is 11.9 Å². The van der Waals surface area contributed by atoms with Crippen LogP contribution in [0.25, 0.3) is 0 Å². The average Bonchev–Trinajstić information content (AvgIpc) is 3.26. The van der Waals surface area contributed by atoms with Crippen LogP contribution in [0, 0.1) is 0 Å². The molecule has 0 radical (unpaired) electrons. The smallest absolute Gasteiger partial charge is 0.306 e. The van der Waals surface area contributed by atoms with Gasteiger partial charge in [-0.3, -0.25) is 9.59 Å². The van der Waals surface area contributed by atoms with Crippen LogP contribution in [0.1, 0.15) is 155 Å². The van der Waals surface area contributed by atoms with Crippen LogP contribution >= 0.6 is 0 Å². The number of allylic oxidation sites excluding steroid dienone is 16. The Kier molecular flexibility index (Phi) is 37.1. The van der Waals surface area contributed by atoms with Gasteiger partial charge in [0.15, 0.2) is 12.4 Å². The Bertz CT molecular complexity index is 1310. The largest absolute Gasteiger partial charge is 0.462 e. The van der Waals surface area contributed by atoms with Crippen molar-refractivity contribution in [3.05, 3.63) is 97.2 Å². The predicted molar refractivity (Wildman–Crippen MR) is 247 cm³/mol. The first-order valence-corrected chi connectivity index (χ1v) is 23.3. The van der Waals surface area contributed by atoms with Gasteiger partial charge in [-0.25, -0.2) is 0 Å². The highest BCUT2D eigenvalue weighted by Crippen LogP contribution is 2.22. The Balaban J connectivity index is 2.39. The minimum absolute atomic E-state index is 0.145. The Hall–Kier alpha value is -3.38. The molecule has 1 aliphatic heterocycles. The fraction of sp³-hybridized carbons (Fsp3) is 0.647. The van der Waals surface area contributed by atoms with Crippen molar-refractivity contribution in [1.29, 1.82) is 0 Å². The number of esters is 2. The summed E-state index contributed by atoms with van der Waals surface area (Å²) in [6.45, 7) is 3.20. The number of ether oxygens (including phenoxy) is 4. The molecule has 61 heavy (non-hydrogen) atoms. The second-order valence-corrected chi connectivity index (χ2v) is 15.5. The van der Waals surface area contributed by atoms with Crippen molar-refractivity contribution < 1.29 is 49.0 Å². The summed E-state index contributed by atoms with van der Waals surface area (Å²) in [5, 5.41) is 40.1. The van der Waals surface area contributed by atoms with Crippen LogP contribution in [-0.4, -0.2) is 89.0 Å². The monoisotopic (exact) mass is 855 g/mol. The molecule has 1 aliphatic rings. The number of hydrogen-bond donors (Lipinski definition) is 4. The molecule has 10 heteroatoms. The maximum absolute atomic E-state index is 12.8. The summed E-state index contributed by atoms with van der Waals surface area (Å²) in [7, 11) is 0. The van der Waals surface area contributed by atoms with Crippen molar-refractivity contribution in [2.45, 2.75) is 192 Å². The molecule has 0 aliphatic carbocycles. The van der Waals surface area contributed by atoms with Crippen molar-refractivity contribution in [1.82, 2.24) is 0 Å². The van der Waals surface area contributed by atoms with Crippen LogP contribution < -0.4 is 0 Å². The molecule has 0 aromatic carbocycles. The third-order valence-corrected chi connectivity index (χ3v) is 9.95. The molecule has 0 aromatic rings. The van der Waals surface area contributed by atoms with Gasteiger partial charge in [-0.15, -0.1) is 0 Å². The first-order valence-electron chi connectivity index (χ1n) is 23.3. The molecule has 2 unspecified atom stereocenters. The average molecular weight is 855 g/mol. The summed E-state index contributed by atoms with van der Waals surface area (Å²) < 4.78 is 22.1. The molecule has 1 heterocycles. The lowest BCUT2D eigenvalue weighted by molar-refractivity contribution is -0.305. The molecule has 1 fully saturated rings. The number of aliphatic hydroxyl groups is 4. The standard InChI is InChI=1S/C51H82O10/c1-3-5-7-9-11-13-15-17-19-21-22-24-25-27-29-31-33-35-37-39-46(53)58-42-44(43-59-51-50(57)49(56)48(55)45(41-52)61-51)60-47(54)40-38-36-34-32-30-28-26-23-20-18-16-14-12-10-8-6-4-2/h5,7,11,13,17-20,22,24,26-29,32,34,44-45,48-52,55-57H,3-4,6,8-10,12,14-16,21,23,25,30-31,33,35-43H2,1-2H3/b7-5+,13-11+,19-17+,20-18+,24-22+,28-26+,29-27+,34-32+/t44-,45-,48+,49?,50?,51-/m0/s1. The Morgan fingerprint density at radius 1 is 0.525 bits per heavy atom. The minimum atomic E-state index is -1.62. The van der Waals surface area contributed by atoms with E-state index in [0.717, 1.165) is 70.6 Å². The third kappa shape index (κ3) is 32.0. The quantitative estimate of drug-likeness (QED) is 0.0270. The highest BCUT2D eigenvalue weighted by molar-refractivity contribution is 5.70. The van der Waals surface area contributed by atoms with E-state index in [-0.39, 0.29) is 26.1 Å². The molecule has 0 amide bonds. The van der Waals surface area contributed by atoms with Gasteiger partial charge in [-0.1, -0.05) is 150 Å². The highest BCUT2D eigenvalue weighted by atomic mass is 16.7. The molecule has 0 bridgehead atoms. The number of unbranched alkanes of at least 4 members (excludes halogenated alkanes) is 10. The molecule has 6 atom stereocenters. The maximum Gasteiger partial charge on any atom is 0.306 e. The highest BCUT2D eigenvalue weighted by Gasteiger charge is 2.44. The van der Waals surface area contributed by atoms with Gasteiger partial charge in [-0.2, -0.15) is 0 Å². The van der Waals surface area contributed by atoms with Gasteiger partial charge in [0, 0.05) is 12.8 Å². The van der Waals surface area contributed by atoms with E-state index in [1.807, 2.05) is 6.08 Å². The Morgan fingerprint density at radius 2 is 0.984 bits per heavy atom. The zero-order valence-electron chi connectivity index (χ0n) is 37.6. The lowest BCUT2D eigenvalue weighted by Gasteiger charge is -2.39. The summed E-state index contributed by atoms with van der Waals surface area (Å²) in [5.74, 6) is -0.915. The van der Waals surface area contributed by atoms with Crippen LogP contribution in [0.2, 0.25) is 0 Å². The summed E-state index contributed by atoms with van der Waals surface area (Å²) in [4.78, 5) is 25.3. The first kappa shape index (κ1) is 55.6. The van der Waals surface area contributed by atoms with Gasteiger partial charge < -0.3 is 39.4 Å². The van der Waals surface area contributed by atoms with Gasteiger partial charge in [0.05, 0.1) is 13.2 Å². The SMILES string of the molecule is CC/C=C/C/C=C/C/C=C/C/C=C/C/C=C/CCCCCC(=O)OC[C@@H](CO[C@H]1O[C@@H](CO)[C@@H](O)C(O)C1O)OC(=O)CCC/C=C/C/C=C/C/C=C/CCCCCCCC. The zero-order valence-corrected chi connectivity index (χ0v) is 37.6. The number of carbonyl (C=O) groups excluding carboxylic acids is 2. The van der Waals surface area contributed by atoms with Crippen LogP contribution in [0.5, 0.6) is 0 Å². The van der Waals surface area contributed by atoms with E-state index in [9.17, 15) is 30.0 Å². The molecule has 1 rings (SSSR count).